The predicted octanol–water partition coefficient (Wildman–Crippen LogP) is 2.29. The van der Waals surface area contributed by atoms with E-state index in [-0.39, 0.29) is 18.6 Å². The summed E-state index contributed by atoms with van der Waals surface area (Å²) in [6.45, 7) is 5.05. The van der Waals surface area contributed by atoms with E-state index >= 15 is 0 Å². The first kappa shape index (κ1) is 20.8. The molecule has 0 saturated carbocycles. The topological polar surface area (TPSA) is 97.3 Å². The lowest BCUT2D eigenvalue weighted by molar-refractivity contribution is -0.147. The number of nitrogens with zero attached hydrogens (tertiary/aromatic N) is 1. The molecule has 1 aromatic carbocycles. The monoisotopic (exact) mass is 380 g/mol. The van der Waals surface area contributed by atoms with Crippen LogP contribution in [-0.2, 0) is 9.53 Å². The van der Waals surface area contributed by atoms with Crippen LogP contribution in [0.2, 0.25) is 0 Å². The maximum absolute atomic E-state index is 12.5. The Hall–Kier alpha value is -2.48. The van der Waals surface area contributed by atoms with Gasteiger partial charge in [-0.05, 0) is 38.0 Å². The number of nitrogens with one attached hydrogen (secondary N) is 1. The minimum absolute atomic E-state index is 0.205. The molecule has 1 aliphatic rings. The third-order valence-electron chi connectivity index (χ3n) is 4.85. The fourth-order valence-corrected chi connectivity index (χ4v) is 2.98. The Morgan fingerprint density at radius 1 is 1.30 bits per heavy atom. The number of urea groups is 1. The molecule has 2 unspecified atom stereocenters. The number of carboxylic acid groups (broad SMARTS) is 1. The molecule has 8 nitrogen and oxygen atoms in total. The normalized spacial score (nSPS) is 20.2. The molecule has 0 spiro atoms. The van der Waals surface area contributed by atoms with Gasteiger partial charge in [0.25, 0.3) is 0 Å². The van der Waals surface area contributed by atoms with Gasteiger partial charge in [0, 0.05) is 20.2 Å². The van der Waals surface area contributed by atoms with Crippen LogP contribution in [0.4, 0.5) is 4.79 Å². The smallest absolute Gasteiger partial charge is 0.317 e. The van der Waals surface area contributed by atoms with Crippen LogP contribution in [0.25, 0.3) is 0 Å². The standard InChI is InChI=1S/C19H28N2O6/c1-13(20-18(24)21-8-7-19(2,12-21)17(22)23)14-5-6-15(16(11-14)26-4)27-10-9-25-3/h5-6,11,13H,7-10,12H2,1-4H3,(H,20,24)(H,22,23). The SMILES string of the molecule is COCCOc1ccc(C(C)NC(=O)N2CCC(C)(C(=O)O)C2)cc1OC. The Bertz CT molecular complexity index is 680. The van der Waals surface area contributed by atoms with Gasteiger partial charge in [-0.25, -0.2) is 4.79 Å². The number of carbonyl (C=O) groups is 2. The number of ether oxygens (including phenoxy) is 3. The molecule has 150 valence electrons. The number of hydrogen-bond donors (Lipinski definition) is 2. The highest BCUT2D eigenvalue weighted by molar-refractivity contribution is 5.79. The number of amides is 2. The zero-order valence-electron chi connectivity index (χ0n) is 16.3. The summed E-state index contributed by atoms with van der Waals surface area (Å²) in [5.74, 6) is 0.303. The van der Waals surface area contributed by atoms with Crippen LogP contribution < -0.4 is 14.8 Å². The highest BCUT2D eigenvalue weighted by Gasteiger charge is 2.42. The number of hydrogen-bond acceptors (Lipinski definition) is 5. The summed E-state index contributed by atoms with van der Waals surface area (Å²) in [4.78, 5) is 25.4. The Labute approximate surface area is 159 Å². The molecule has 2 amide bonds. The minimum Gasteiger partial charge on any atom is -0.493 e. The van der Waals surface area contributed by atoms with Crippen molar-refractivity contribution in [2.45, 2.75) is 26.3 Å². The summed E-state index contributed by atoms with van der Waals surface area (Å²) in [7, 11) is 3.16. The van der Waals surface area contributed by atoms with Crippen LogP contribution in [0, 0.1) is 5.41 Å². The highest BCUT2D eigenvalue weighted by atomic mass is 16.5. The fraction of sp³-hybridized carbons (Fsp3) is 0.579. The van der Waals surface area contributed by atoms with E-state index in [9.17, 15) is 14.7 Å². The molecule has 0 radical (unpaired) electrons. The first-order valence-electron chi connectivity index (χ1n) is 8.89. The molecule has 2 rings (SSSR count). The van der Waals surface area contributed by atoms with Crippen molar-refractivity contribution in [1.29, 1.82) is 0 Å². The third-order valence-corrected chi connectivity index (χ3v) is 4.85. The Kier molecular flexibility index (Phi) is 6.90. The summed E-state index contributed by atoms with van der Waals surface area (Å²) in [5.41, 5.74) is -0.0233. The molecule has 2 N–H and O–H groups in total. The molecule has 2 atom stereocenters. The third kappa shape index (κ3) is 5.03. The number of aliphatic carboxylic acids is 1. The maximum atomic E-state index is 12.5. The summed E-state index contributed by atoms with van der Waals surface area (Å²) in [6.07, 6.45) is 0.450. The lowest BCUT2D eigenvalue weighted by Crippen LogP contribution is -2.41. The molecule has 1 saturated heterocycles. The average Bonchev–Trinajstić information content (AvgIpc) is 3.06. The second-order valence-electron chi connectivity index (χ2n) is 6.96. The minimum atomic E-state index is -0.884. The molecule has 0 aromatic heterocycles. The van der Waals surface area contributed by atoms with E-state index in [1.807, 2.05) is 19.1 Å². The van der Waals surface area contributed by atoms with Crippen molar-refractivity contribution in [3.63, 3.8) is 0 Å². The van der Waals surface area contributed by atoms with E-state index in [0.717, 1.165) is 5.56 Å². The van der Waals surface area contributed by atoms with Gasteiger partial charge in [0.15, 0.2) is 11.5 Å². The van der Waals surface area contributed by atoms with Gasteiger partial charge in [-0.15, -0.1) is 0 Å². The maximum Gasteiger partial charge on any atom is 0.317 e. The molecule has 0 bridgehead atoms. The second-order valence-corrected chi connectivity index (χ2v) is 6.96. The molecule has 1 fully saturated rings. The first-order chi connectivity index (χ1) is 12.8. The molecule has 0 aliphatic carbocycles. The summed E-state index contributed by atoms with van der Waals surface area (Å²) in [6, 6.07) is 4.94. The molecular weight excluding hydrogens is 352 g/mol. The van der Waals surface area contributed by atoms with Gasteiger partial charge in [0.2, 0.25) is 0 Å². The zero-order valence-corrected chi connectivity index (χ0v) is 16.3. The molecule has 8 heteroatoms. The summed E-state index contributed by atoms with van der Waals surface area (Å²) >= 11 is 0. The van der Waals surface area contributed by atoms with E-state index in [0.29, 0.717) is 37.7 Å². The van der Waals surface area contributed by atoms with Gasteiger partial charge < -0.3 is 29.5 Å². The predicted molar refractivity (Wildman–Crippen MR) is 99.2 cm³/mol. The summed E-state index contributed by atoms with van der Waals surface area (Å²) < 4.78 is 15.9. The Morgan fingerprint density at radius 2 is 2.04 bits per heavy atom. The largest absolute Gasteiger partial charge is 0.493 e. The van der Waals surface area contributed by atoms with Crippen molar-refractivity contribution in [2.75, 3.05) is 40.5 Å². The lowest BCUT2D eigenvalue weighted by atomic mass is 9.90. The van der Waals surface area contributed by atoms with E-state index < -0.39 is 11.4 Å². The molecule has 1 heterocycles. The van der Waals surface area contributed by atoms with Crippen LogP contribution in [0.3, 0.4) is 0 Å². The average molecular weight is 380 g/mol. The number of carbonyl (C=O) groups excluding carboxylic acids is 1. The second kappa shape index (κ2) is 8.94. The number of likely N-dealkylation sites (tertiary alicyclic amines) is 1. The Morgan fingerprint density at radius 3 is 2.63 bits per heavy atom. The van der Waals surface area contributed by atoms with Gasteiger partial charge in [-0.1, -0.05) is 6.07 Å². The van der Waals surface area contributed by atoms with Crippen molar-refractivity contribution in [2.24, 2.45) is 5.41 Å². The van der Waals surface area contributed by atoms with E-state index in [4.69, 9.17) is 14.2 Å². The number of carboxylic acids is 1. The number of benzene rings is 1. The fourth-order valence-electron chi connectivity index (χ4n) is 2.98. The van der Waals surface area contributed by atoms with Gasteiger partial charge in [0.1, 0.15) is 6.61 Å². The van der Waals surface area contributed by atoms with Gasteiger partial charge in [0.05, 0.1) is 25.2 Å². The van der Waals surface area contributed by atoms with Crippen molar-refractivity contribution >= 4 is 12.0 Å². The van der Waals surface area contributed by atoms with E-state index in [1.165, 1.54) is 0 Å². The van der Waals surface area contributed by atoms with Crippen molar-refractivity contribution in [3.8, 4) is 11.5 Å². The first-order valence-corrected chi connectivity index (χ1v) is 8.89. The zero-order chi connectivity index (χ0) is 20.0. The van der Waals surface area contributed by atoms with Crippen molar-refractivity contribution < 1.29 is 28.9 Å². The van der Waals surface area contributed by atoms with Gasteiger partial charge in [-0.2, -0.15) is 0 Å². The van der Waals surface area contributed by atoms with Crippen LogP contribution in [0.15, 0.2) is 18.2 Å². The molecular formula is C19H28N2O6. The van der Waals surface area contributed by atoms with Crippen LogP contribution >= 0.6 is 0 Å². The van der Waals surface area contributed by atoms with Crippen molar-refractivity contribution in [3.05, 3.63) is 23.8 Å². The van der Waals surface area contributed by atoms with Crippen molar-refractivity contribution in [1.82, 2.24) is 10.2 Å². The summed E-state index contributed by atoms with van der Waals surface area (Å²) in [5, 5.41) is 12.2. The number of rotatable bonds is 8. The molecule has 27 heavy (non-hydrogen) atoms. The van der Waals surface area contributed by atoms with E-state index in [1.54, 1.807) is 32.1 Å². The van der Waals surface area contributed by atoms with Crippen LogP contribution in [-0.4, -0.2) is 62.5 Å². The van der Waals surface area contributed by atoms with E-state index in [2.05, 4.69) is 5.32 Å². The number of methoxy groups -OCH3 is 2. The molecule has 1 aliphatic heterocycles. The van der Waals surface area contributed by atoms with Crippen LogP contribution in [0.1, 0.15) is 31.9 Å². The lowest BCUT2D eigenvalue weighted by Gasteiger charge is -2.23. The van der Waals surface area contributed by atoms with Gasteiger partial charge in [-0.3, -0.25) is 4.79 Å². The van der Waals surface area contributed by atoms with Gasteiger partial charge >= 0.3 is 12.0 Å². The molecule has 1 aromatic rings. The highest BCUT2D eigenvalue weighted by Crippen LogP contribution is 2.32. The van der Waals surface area contributed by atoms with Crippen LogP contribution in [0.5, 0.6) is 11.5 Å². The Balaban J connectivity index is 2.00. The quantitative estimate of drug-likeness (QED) is 0.672.